The molecule has 1 aliphatic carbocycles. The summed E-state index contributed by atoms with van der Waals surface area (Å²) in [5.74, 6) is 1.53. The van der Waals surface area contributed by atoms with E-state index in [0.717, 1.165) is 36.3 Å². The lowest BCUT2D eigenvalue weighted by molar-refractivity contribution is -0.130. The zero-order chi connectivity index (χ0) is 14.2. The molecule has 1 amide bonds. The minimum atomic E-state index is -0.434. The second-order valence-corrected chi connectivity index (χ2v) is 5.79. The summed E-state index contributed by atoms with van der Waals surface area (Å²) < 4.78 is 10.6. The van der Waals surface area contributed by atoms with Crippen LogP contribution in [0.3, 0.4) is 0 Å². The van der Waals surface area contributed by atoms with Gasteiger partial charge in [0.2, 0.25) is 12.7 Å². The molecule has 1 saturated carbocycles. The first-order valence-corrected chi connectivity index (χ1v) is 7.02. The van der Waals surface area contributed by atoms with Crippen LogP contribution in [0.15, 0.2) is 18.2 Å². The Balaban J connectivity index is 1.63. The molecule has 1 aliphatic heterocycles. The van der Waals surface area contributed by atoms with Gasteiger partial charge in [-0.15, -0.1) is 0 Å². The Morgan fingerprint density at radius 2 is 2.25 bits per heavy atom. The second kappa shape index (κ2) is 4.98. The summed E-state index contributed by atoms with van der Waals surface area (Å²) in [5, 5.41) is 2.99. The Kier molecular flexibility index (Phi) is 3.30. The standard InChI is InChI=1S/C15H20N2O3/c1-15(6-2-3-13(15)16)14(18)17-8-10-4-5-11-12(7-10)20-9-19-11/h4-5,7,13H,2-3,6,8-9,16H2,1H3,(H,17,18). The van der Waals surface area contributed by atoms with Gasteiger partial charge in [0, 0.05) is 12.6 Å². The molecule has 1 aromatic rings. The maximum absolute atomic E-state index is 12.3. The quantitative estimate of drug-likeness (QED) is 0.878. The van der Waals surface area contributed by atoms with Crippen LogP contribution >= 0.6 is 0 Å². The van der Waals surface area contributed by atoms with E-state index in [9.17, 15) is 4.79 Å². The van der Waals surface area contributed by atoms with Gasteiger partial charge in [0.15, 0.2) is 11.5 Å². The predicted octanol–water partition coefficient (Wildman–Crippen LogP) is 1.55. The third-order valence-electron chi connectivity index (χ3n) is 4.44. The van der Waals surface area contributed by atoms with E-state index in [1.165, 1.54) is 0 Å². The molecule has 0 spiro atoms. The fourth-order valence-electron chi connectivity index (χ4n) is 2.91. The van der Waals surface area contributed by atoms with Crippen molar-refractivity contribution in [1.82, 2.24) is 5.32 Å². The van der Waals surface area contributed by atoms with E-state index in [1.54, 1.807) is 0 Å². The number of fused-ring (bicyclic) bond motifs is 1. The van der Waals surface area contributed by atoms with Gasteiger partial charge >= 0.3 is 0 Å². The van der Waals surface area contributed by atoms with Crippen molar-refractivity contribution < 1.29 is 14.3 Å². The van der Waals surface area contributed by atoms with Crippen LogP contribution in [-0.4, -0.2) is 18.7 Å². The molecule has 1 heterocycles. The van der Waals surface area contributed by atoms with Crippen LogP contribution < -0.4 is 20.5 Å². The molecule has 2 aliphatic rings. The van der Waals surface area contributed by atoms with Crippen molar-refractivity contribution in [2.75, 3.05) is 6.79 Å². The fourth-order valence-corrected chi connectivity index (χ4v) is 2.91. The molecular formula is C15H20N2O3. The lowest BCUT2D eigenvalue weighted by Gasteiger charge is -2.27. The maximum atomic E-state index is 12.3. The largest absolute Gasteiger partial charge is 0.454 e. The third kappa shape index (κ3) is 2.22. The molecule has 1 aromatic carbocycles. The Bertz CT molecular complexity index is 532. The van der Waals surface area contributed by atoms with E-state index < -0.39 is 5.41 Å². The first-order chi connectivity index (χ1) is 9.59. The number of carbonyl (C=O) groups is 1. The third-order valence-corrected chi connectivity index (χ3v) is 4.44. The number of hydrogen-bond donors (Lipinski definition) is 2. The molecule has 5 heteroatoms. The summed E-state index contributed by atoms with van der Waals surface area (Å²) >= 11 is 0. The molecule has 108 valence electrons. The van der Waals surface area contributed by atoms with Crippen molar-refractivity contribution in [3.8, 4) is 11.5 Å². The SMILES string of the molecule is CC1(C(=O)NCc2ccc3c(c2)OCO3)CCCC1N. The number of benzene rings is 1. The lowest BCUT2D eigenvalue weighted by Crippen LogP contribution is -2.47. The minimum absolute atomic E-state index is 0.0418. The predicted molar refractivity (Wildman–Crippen MR) is 74.3 cm³/mol. The molecular weight excluding hydrogens is 256 g/mol. The van der Waals surface area contributed by atoms with Gasteiger partial charge in [0.25, 0.3) is 0 Å². The van der Waals surface area contributed by atoms with Gasteiger partial charge in [0.05, 0.1) is 5.41 Å². The molecule has 5 nitrogen and oxygen atoms in total. The topological polar surface area (TPSA) is 73.6 Å². The van der Waals surface area contributed by atoms with E-state index in [-0.39, 0.29) is 18.7 Å². The molecule has 2 atom stereocenters. The summed E-state index contributed by atoms with van der Waals surface area (Å²) in [6, 6.07) is 5.66. The van der Waals surface area contributed by atoms with Crippen LogP contribution in [-0.2, 0) is 11.3 Å². The molecule has 0 radical (unpaired) electrons. The van der Waals surface area contributed by atoms with Gasteiger partial charge in [0.1, 0.15) is 0 Å². The van der Waals surface area contributed by atoms with Crippen molar-refractivity contribution in [2.45, 2.75) is 38.8 Å². The Labute approximate surface area is 118 Å². The van der Waals surface area contributed by atoms with Crippen LogP contribution in [0.1, 0.15) is 31.7 Å². The highest BCUT2D eigenvalue weighted by atomic mass is 16.7. The monoisotopic (exact) mass is 276 g/mol. The van der Waals surface area contributed by atoms with Crippen LogP contribution in [0.2, 0.25) is 0 Å². The number of ether oxygens (including phenoxy) is 2. The van der Waals surface area contributed by atoms with E-state index in [2.05, 4.69) is 5.32 Å². The molecule has 0 saturated heterocycles. The average Bonchev–Trinajstić information content (AvgIpc) is 3.03. The van der Waals surface area contributed by atoms with Crippen molar-refractivity contribution >= 4 is 5.91 Å². The molecule has 3 N–H and O–H groups in total. The lowest BCUT2D eigenvalue weighted by atomic mass is 9.84. The number of hydrogen-bond acceptors (Lipinski definition) is 4. The van der Waals surface area contributed by atoms with E-state index in [1.807, 2.05) is 25.1 Å². The highest BCUT2D eigenvalue weighted by Crippen LogP contribution is 2.37. The maximum Gasteiger partial charge on any atom is 0.231 e. The summed E-state index contributed by atoms with van der Waals surface area (Å²) in [4.78, 5) is 12.3. The average molecular weight is 276 g/mol. The molecule has 0 aromatic heterocycles. The van der Waals surface area contributed by atoms with Gasteiger partial charge in [-0.3, -0.25) is 4.79 Å². The van der Waals surface area contributed by atoms with Crippen molar-refractivity contribution in [2.24, 2.45) is 11.1 Å². The Morgan fingerprint density at radius 3 is 3.00 bits per heavy atom. The van der Waals surface area contributed by atoms with Gasteiger partial charge in [-0.25, -0.2) is 0 Å². The zero-order valence-electron chi connectivity index (χ0n) is 11.6. The van der Waals surface area contributed by atoms with E-state index >= 15 is 0 Å². The zero-order valence-corrected chi connectivity index (χ0v) is 11.6. The van der Waals surface area contributed by atoms with E-state index in [4.69, 9.17) is 15.2 Å². The molecule has 2 unspecified atom stereocenters. The summed E-state index contributed by atoms with van der Waals surface area (Å²) in [6.07, 6.45) is 2.81. The molecule has 1 fully saturated rings. The Morgan fingerprint density at radius 1 is 1.45 bits per heavy atom. The first-order valence-electron chi connectivity index (χ1n) is 7.02. The number of rotatable bonds is 3. The summed E-state index contributed by atoms with van der Waals surface area (Å²) in [6.45, 7) is 2.70. The smallest absolute Gasteiger partial charge is 0.231 e. The van der Waals surface area contributed by atoms with Gasteiger partial charge in [-0.1, -0.05) is 12.5 Å². The van der Waals surface area contributed by atoms with Crippen molar-refractivity contribution in [3.63, 3.8) is 0 Å². The van der Waals surface area contributed by atoms with Gasteiger partial charge < -0.3 is 20.5 Å². The second-order valence-electron chi connectivity index (χ2n) is 5.79. The van der Waals surface area contributed by atoms with Crippen LogP contribution in [0.4, 0.5) is 0 Å². The normalized spacial score (nSPS) is 27.6. The summed E-state index contributed by atoms with van der Waals surface area (Å²) in [5.41, 5.74) is 6.62. The minimum Gasteiger partial charge on any atom is -0.454 e. The molecule has 3 rings (SSSR count). The van der Waals surface area contributed by atoms with E-state index in [0.29, 0.717) is 6.54 Å². The number of nitrogens with one attached hydrogen (secondary N) is 1. The molecule has 0 bridgehead atoms. The highest BCUT2D eigenvalue weighted by molar-refractivity contribution is 5.83. The van der Waals surface area contributed by atoms with Gasteiger partial charge in [-0.05, 0) is 37.5 Å². The molecule has 20 heavy (non-hydrogen) atoms. The number of carbonyl (C=O) groups excluding carboxylic acids is 1. The van der Waals surface area contributed by atoms with Crippen molar-refractivity contribution in [3.05, 3.63) is 23.8 Å². The van der Waals surface area contributed by atoms with Crippen LogP contribution in [0.25, 0.3) is 0 Å². The highest BCUT2D eigenvalue weighted by Gasteiger charge is 2.42. The first kappa shape index (κ1) is 13.2. The van der Waals surface area contributed by atoms with Crippen molar-refractivity contribution in [1.29, 1.82) is 0 Å². The number of amides is 1. The Hall–Kier alpha value is -1.75. The van der Waals surface area contributed by atoms with Crippen LogP contribution in [0, 0.1) is 5.41 Å². The number of nitrogens with two attached hydrogens (primary N) is 1. The fraction of sp³-hybridized carbons (Fsp3) is 0.533. The van der Waals surface area contributed by atoms with Gasteiger partial charge in [-0.2, -0.15) is 0 Å². The van der Waals surface area contributed by atoms with Crippen LogP contribution in [0.5, 0.6) is 11.5 Å². The summed E-state index contributed by atoms with van der Waals surface area (Å²) in [7, 11) is 0.